The van der Waals surface area contributed by atoms with Crippen LogP contribution in [0.1, 0.15) is 19.3 Å². The molecule has 3 rings (SSSR count). The molecule has 1 N–H and O–H groups in total. The monoisotopic (exact) mass is 358 g/mol. The fraction of sp³-hybridized carbons (Fsp3) is 0.562. The first-order valence-corrected chi connectivity index (χ1v) is 8.58. The van der Waals surface area contributed by atoms with Gasteiger partial charge in [-0.15, -0.1) is 0 Å². The third-order valence-electron chi connectivity index (χ3n) is 4.28. The molecule has 2 aliphatic rings. The van der Waals surface area contributed by atoms with Gasteiger partial charge in [-0.1, -0.05) is 23.2 Å². The molecule has 2 saturated heterocycles. The van der Waals surface area contributed by atoms with Crippen molar-refractivity contribution in [1.82, 2.24) is 4.90 Å². The van der Waals surface area contributed by atoms with Crippen molar-refractivity contribution in [3.63, 3.8) is 0 Å². The molecule has 5 nitrogen and oxygen atoms in total. The Morgan fingerprint density at radius 2 is 1.91 bits per heavy atom. The number of halogens is 2. The van der Waals surface area contributed by atoms with E-state index >= 15 is 0 Å². The number of benzene rings is 1. The standard InChI is InChI=1S/C16H20Cl2N2O3/c17-12-1-2-14(13(18)11-12)19-6-3-15(21)20-7-4-16(5-8-20)22-9-10-23-16/h1-2,11,19H,3-10H2. The van der Waals surface area contributed by atoms with Crippen molar-refractivity contribution in [2.24, 2.45) is 0 Å². The summed E-state index contributed by atoms with van der Waals surface area (Å²) in [6.45, 7) is 3.20. The van der Waals surface area contributed by atoms with Gasteiger partial charge in [0.25, 0.3) is 0 Å². The average Bonchev–Trinajstić information content (AvgIpc) is 2.98. The van der Waals surface area contributed by atoms with Gasteiger partial charge in [0, 0.05) is 43.9 Å². The lowest BCUT2D eigenvalue weighted by Gasteiger charge is -2.37. The van der Waals surface area contributed by atoms with E-state index in [1.165, 1.54) is 0 Å². The molecule has 1 spiro atoms. The lowest BCUT2D eigenvalue weighted by atomic mass is 10.0. The molecule has 2 fully saturated rings. The number of carbonyl (C=O) groups excluding carboxylic acids is 1. The van der Waals surface area contributed by atoms with E-state index in [4.69, 9.17) is 32.7 Å². The number of amides is 1. The average molecular weight is 359 g/mol. The van der Waals surface area contributed by atoms with E-state index in [9.17, 15) is 4.79 Å². The van der Waals surface area contributed by atoms with Crippen molar-refractivity contribution in [3.05, 3.63) is 28.2 Å². The Hall–Kier alpha value is -1.01. The topological polar surface area (TPSA) is 50.8 Å². The molecule has 2 aliphatic heterocycles. The lowest BCUT2D eigenvalue weighted by molar-refractivity contribution is -0.187. The van der Waals surface area contributed by atoms with Crippen LogP contribution in [0.25, 0.3) is 0 Å². The molecule has 0 aliphatic carbocycles. The van der Waals surface area contributed by atoms with E-state index in [0.29, 0.717) is 49.3 Å². The van der Waals surface area contributed by atoms with E-state index in [1.54, 1.807) is 12.1 Å². The zero-order valence-corrected chi connectivity index (χ0v) is 14.3. The van der Waals surface area contributed by atoms with E-state index < -0.39 is 5.79 Å². The highest BCUT2D eigenvalue weighted by Gasteiger charge is 2.40. The van der Waals surface area contributed by atoms with Gasteiger partial charge in [-0.25, -0.2) is 0 Å². The maximum atomic E-state index is 12.3. The van der Waals surface area contributed by atoms with Gasteiger partial charge in [0.1, 0.15) is 0 Å². The first-order valence-electron chi connectivity index (χ1n) is 7.83. The predicted molar refractivity (Wildman–Crippen MR) is 90.0 cm³/mol. The van der Waals surface area contributed by atoms with Crippen LogP contribution >= 0.6 is 23.2 Å². The Kier molecular flexibility index (Phi) is 5.31. The molecule has 1 amide bonds. The molecule has 7 heteroatoms. The number of hydrogen-bond acceptors (Lipinski definition) is 4. The summed E-state index contributed by atoms with van der Waals surface area (Å²) in [6, 6.07) is 5.26. The molecule has 0 bridgehead atoms. The fourth-order valence-corrected chi connectivity index (χ4v) is 3.45. The van der Waals surface area contributed by atoms with E-state index in [1.807, 2.05) is 11.0 Å². The molecule has 1 aromatic carbocycles. The second-order valence-corrected chi connectivity index (χ2v) is 6.63. The minimum Gasteiger partial charge on any atom is -0.383 e. The zero-order chi connectivity index (χ0) is 16.3. The summed E-state index contributed by atoms with van der Waals surface area (Å²) in [7, 11) is 0. The number of anilines is 1. The fourth-order valence-electron chi connectivity index (χ4n) is 2.98. The number of piperidine rings is 1. The van der Waals surface area contributed by atoms with Gasteiger partial charge in [0.2, 0.25) is 5.91 Å². The SMILES string of the molecule is O=C(CCNc1ccc(Cl)cc1Cl)N1CCC2(CC1)OCCO2. The van der Waals surface area contributed by atoms with Gasteiger partial charge in [-0.3, -0.25) is 4.79 Å². The Morgan fingerprint density at radius 3 is 2.57 bits per heavy atom. The highest BCUT2D eigenvalue weighted by atomic mass is 35.5. The largest absolute Gasteiger partial charge is 0.383 e. The van der Waals surface area contributed by atoms with Crippen LogP contribution in [0.4, 0.5) is 5.69 Å². The molecule has 126 valence electrons. The van der Waals surface area contributed by atoms with Crippen molar-refractivity contribution < 1.29 is 14.3 Å². The van der Waals surface area contributed by atoms with Crippen LogP contribution in [-0.4, -0.2) is 49.4 Å². The maximum absolute atomic E-state index is 12.3. The summed E-state index contributed by atoms with van der Waals surface area (Å²) < 4.78 is 11.3. The molecular weight excluding hydrogens is 339 g/mol. The summed E-state index contributed by atoms with van der Waals surface area (Å²) in [5, 5.41) is 4.32. The molecular formula is C16H20Cl2N2O3. The molecule has 1 aromatic rings. The quantitative estimate of drug-likeness (QED) is 0.897. The van der Waals surface area contributed by atoms with Crippen molar-refractivity contribution >= 4 is 34.8 Å². The number of nitrogens with one attached hydrogen (secondary N) is 1. The molecule has 0 saturated carbocycles. The zero-order valence-electron chi connectivity index (χ0n) is 12.8. The van der Waals surface area contributed by atoms with Crippen molar-refractivity contribution in [2.45, 2.75) is 25.0 Å². The Bertz CT molecular complexity index is 566. The normalized spacial score (nSPS) is 20.0. The Balaban J connectivity index is 1.43. The number of rotatable bonds is 4. The first-order chi connectivity index (χ1) is 11.1. The second-order valence-electron chi connectivity index (χ2n) is 5.79. The van der Waals surface area contributed by atoms with Crippen molar-refractivity contribution in [2.75, 3.05) is 38.2 Å². The van der Waals surface area contributed by atoms with Gasteiger partial charge in [-0.2, -0.15) is 0 Å². The molecule has 0 unspecified atom stereocenters. The van der Waals surface area contributed by atoms with Crippen LogP contribution in [0.15, 0.2) is 18.2 Å². The Labute approximate surface area is 145 Å². The van der Waals surface area contributed by atoms with Gasteiger partial charge >= 0.3 is 0 Å². The summed E-state index contributed by atoms with van der Waals surface area (Å²) in [6.07, 6.45) is 1.91. The van der Waals surface area contributed by atoms with Gasteiger partial charge in [0.15, 0.2) is 5.79 Å². The molecule has 2 heterocycles. The summed E-state index contributed by atoms with van der Waals surface area (Å²) >= 11 is 12.0. The van der Waals surface area contributed by atoms with Crippen LogP contribution in [0.2, 0.25) is 10.0 Å². The first kappa shape index (κ1) is 16.8. The van der Waals surface area contributed by atoms with Crippen LogP contribution in [0, 0.1) is 0 Å². The van der Waals surface area contributed by atoms with Crippen molar-refractivity contribution in [3.8, 4) is 0 Å². The molecule has 0 atom stereocenters. The number of ether oxygens (including phenoxy) is 2. The summed E-state index contributed by atoms with van der Waals surface area (Å²) in [5.74, 6) is -0.304. The third kappa shape index (κ3) is 4.10. The molecule has 0 radical (unpaired) electrons. The number of carbonyl (C=O) groups is 1. The van der Waals surface area contributed by atoms with Gasteiger partial charge in [0.05, 0.1) is 23.9 Å². The number of likely N-dealkylation sites (tertiary alicyclic amines) is 1. The van der Waals surface area contributed by atoms with E-state index in [0.717, 1.165) is 18.5 Å². The summed E-state index contributed by atoms with van der Waals surface area (Å²) in [4.78, 5) is 14.2. The highest BCUT2D eigenvalue weighted by molar-refractivity contribution is 6.36. The number of nitrogens with zero attached hydrogens (tertiary/aromatic N) is 1. The minimum absolute atomic E-state index is 0.135. The lowest BCUT2D eigenvalue weighted by Crippen LogP contribution is -2.47. The van der Waals surface area contributed by atoms with Crippen molar-refractivity contribution in [1.29, 1.82) is 0 Å². The van der Waals surface area contributed by atoms with Crippen LogP contribution < -0.4 is 5.32 Å². The van der Waals surface area contributed by atoms with Gasteiger partial charge < -0.3 is 19.7 Å². The van der Waals surface area contributed by atoms with E-state index in [2.05, 4.69) is 5.32 Å². The Morgan fingerprint density at radius 1 is 1.22 bits per heavy atom. The maximum Gasteiger partial charge on any atom is 0.224 e. The second kappa shape index (κ2) is 7.26. The van der Waals surface area contributed by atoms with Crippen LogP contribution in [-0.2, 0) is 14.3 Å². The van der Waals surface area contributed by atoms with Crippen LogP contribution in [0.3, 0.4) is 0 Å². The minimum atomic E-state index is -0.439. The highest BCUT2D eigenvalue weighted by Crippen LogP contribution is 2.31. The molecule has 23 heavy (non-hydrogen) atoms. The summed E-state index contributed by atoms with van der Waals surface area (Å²) in [5.41, 5.74) is 0.786. The number of hydrogen-bond donors (Lipinski definition) is 1. The van der Waals surface area contributed by atoms with E-state index in [-0.39, 0.29) is 5.91 Å². The third-order valence-corrected chi connectivity index (χ3v) is 4.82. The predicted octanol–water partition coefficient (Wildman–Crippen LogP) is 3.16. The van der Waals surface area contributed by atoms with Crippen LogP contribution in [0.5, 0.6) is 0 Å². The van der Waals surface area contributed by atoms with Gasteiger partial charge in [-0.05, 0) is 18.2 Å². The molecule has 0 aromatic heterocycles. The smallest absolute Gasteiger partial charge is 0.224 e.